The minimum absolute atomic E-state index is 0.112. The molecule has 0 radical (unpaired) electrons. The van der Waals surface area contributed by atoms with Crippen LogP contribution in [0.4, 0.5) is 5.69 Å². The molecule has 1 aliphatic heterocycles. The molecule has 0 unspecified atom stereocenters. The number of nitro groups is 1. The lowest BCUT2D eigenvalue weighted by atomic mass is 10.0. The molecule has 0 aromatic heterocycles. The first kappa shape index (κ1) is 19.2. The SMILES string of the molecule is CC1(C)Cc2cccc(OCC#CCNC(=O)c3cccc([N+](=O)[O-])c3)c2O1. The molecular formula is C21H20N2O5. The van der Waals surface area contributed by atoms with Crippen molar-refractivity contribution in [3.8, 4) is 23.3 Å². The van der Waals surface area contributed by atoms with E-state index in [2.05, 4.69) is 17.2 Å². The quantitative estimate of drug-likeness (QED) is 0.489. The Morgan fingerprint density at radius 3 is 2.86 bits per heavy atom. The van der Waals surface area contributed by atoms with Crippen molar-refractivity contribution in [3.63, 3.8) is 0 Å². The van der Waals surface area contributed by atoms with Crippen molar-refractivity contribution >= 4 is 11.6 Å². The first-order valence-corrected chi connectivity index (χ1v) is 8.78. The van der Waals surface area contributed by atoms with Crippen LogP contribution in [-0.2, 0) is 6.42 Å². The minimum atomic E-state index is -0.543. The van der Waals surface area contributed by atoms with Crippen molar-refractivity contribution in [1.82, 2.24) is 5.32 Å². The summed E-state index contributed by atoms with van der Waals surface area (Å²) < 4.78 is 11.6. The van der Waals surface area contributed by atoms with Crippen LogP contribution in [0.25, 0.3) is 0 Å². The summed E-state index contributed by atoms with van der Waals surface area (Å²) in [7, 11) is 0. The molecule has 0 aliphatic carbocycles. The molecule has 7 heteroatoms. The van der Waals surface area contributed by atoms with Gasteiger partial charge in [0.15, 0.2) is 11.5 Å². The third kappa shape index (κ3) is 4.60. The predicted octanol–water partition coefficient (Wildman–Crippen LogP) is 3.12. The number of rotatable bonds is 5. The highest BCUT2D eigenvalue weighted by Crippen LogP contribution is 2.41. The zero-order valence-electron chi connectivity index (χ0n) is 15.7. The van der Waals surface area contributed by atoms with Gasteiger partial charge in [-0.05, 0) is 26.0 Å². The number of non-ortho nitro benzene ring substituents is 1. The summed E-state index contributed by atoms with van der Waals surface area (Å²) in [5.41, 5.74) is 0.948. The van der Waals surface area contributed by atoms with Crippen molar-refractivity contribution < 1.29 is 19.2 Å². The van der Waals surface area contributed by atoms with E-state index in [9.17, 15) is 14.9 Å². The summed E-state index contributed by atoms with van der Waals surface area (Å²) in [6.07, 6.45) is 0.828. The number of para-hydroxylation sites is 1. The third-order valence-corrected chi connectivity index (χ3v) is 4.14. The predicted molar refractivity (Wildman–Crippen MR) is 104 cm³/mol. The molecule has 0 atom stereocenters. The molecule has 2 aromatic rings. The van der Waals surface area contributed by atoms with E-state index in [1.807, 2.05) is 32.0 Å². The van der Waals surface area contributed by atoms with Crippen LogP contribution in [0.15, 0.2) is 42.5 Å². The molecule has 1 N–H and O–H groups in total. The number of nitrogens with zero attached hydrogens (tertiary/aromatic N) is 1. The van der Waals surface area contributed by atoms with Gasteiger partial charge in [-0.3, -0.25) is 14.9 Å². The number of carbonyl (C=O) groups is 1. The molecule has 0 spiro atoms. The number of fused-ring (bicyclic) bond motifs is 1. The van der Waals surface area contributed by atoms with E-state index in [1.54, 1.807) is 0 Å². The Hall–Kier alpha value is -3.53. The molecule has 3 rings (SSSR count). The van der Waals surface area contributed by atoms with E-state index >= 15 is 0 Å². The maximum Gasteiger partial charge on any atom is 0.270 e. The van der Waals surface area contributed by atoms with Crippen LogP contribution in [-0.4, -0.2) is 29.6 Å². The first-order valence-electron chi connectivity index (χ1n) is 8.78. The van der Waals surface area contributed by atoms with Crippen molar-refractivity contribution in [2.24, 2.45) is 0 Å². The number of carbonyl (C=O) groups excluding carboxylic acids is 1. The second kappa shape index (κ2) is 8.01. The fourth-order valence-corrected chi connectivity index (χ4v) is 2.92. The smallest absolute Gasteiger partial charge is 0.270 e. The Morgan fingerprint density at radius 1 is 1.29 bits per heavy atom. The fourth-order valence-electron chi connectivity index (χ4n) is 2.92. The topological polar surface area (TPSA) is 90.7 Å². The molecule has 0 saturated carbocycles. The Labute approximate surface area is 162 Å². The second-order valence-electron chi connectivity index (χ2n) is 6.92. The van der Waals surface area contributed by atoms with Crippen LogP contribution in [0.3, 0.4) is 0 Å². The second-order valence-corrected chi connectivity index (χ2v) is 6.92. The van der Waals surface area contributed by atoms with Crippen LogP contribution >= 0.6 is 0 Å². The van der Waals surface area contributed by atoms with Gasteiger partial charge in [0.25, 0.3) is 11.6 Å². The molecule has 28 heavy (non-hydrogen) atoms. The number of nitrogens with one attached hydrogen (secondary N) is 1. The highest BCUT2D eigenvalue weighted by Gasteiger charge is 2.32. The molecule has 1 amide bonds. The van der Waals surface area contributed by atoms with Crippen LogP contribution in [0.5, 0.6) is 11.5 Å². The van der Waals surface area contributed by atoms with Crippen LogP contribution in [0.2, 0.25) is 0 Å². The van der Waals surface area contributed by atoms with Gasteiger partial charge in [-0.25, -0.2) is 0 Å². The van der Waals surface area contributed by atoms with E-state index in [0.29, 0.717) is 5.75 Å². The minimum Gasteiger partial charge on any atom is -0.483 e. The summed E-state index contributed by atoms with van der Waals surface area (Å²) >= 11 is 0. The van der Waals surface area contributed by atoms with Crippen LogP contribution < -0.4 is 14.8 Å². The highest BCUT2D eigenvalue weighted by atomic mass is 16.6. The van der Waals surface area contributed by atoms with Gasteiger partial charge in [-0.2, -0.15) is 0 Å². The van der Waals surface area contributed by atoms with Gasteiger partial charge >= 0.3 is 0 Å². The van der Waals surface area contributed by atoms with Gasteiger partial charge in [0.05, 0.1) is 11.5 Å². The highest BCUT2D eigenvalue weighted by molar-refractivity contribution is 5.94. The van der Waals surface area contributed by atoms with E-state index in [4.69, 9.17) is 9.47 Å². The Bertz CT molecular complexity index is 972. The van der Waals surface area contributed by atoms with Gasteiger partial charge in [0, 0.05) is 29.7 Å². The zero-order chi connectivity index (χ0) is 20.1. The summed E-state index contributed by atoms with van der Waals surface area (Å²) in [5, 5.41) is 13.4. The van der Waals surface area contributed by atoms with Gasteiger partial charge in [-0.1, -0.05) is 30.0 Å². The van der Waals surface area contributed by atoms with Crippen LogP contribution in [0.1, 0.15) is 29.8 Å². The monoisotopic (exact) mass is 380 g/mol. The third-order valence-electron chi connectivity index (χ3n) is 4.14. The first-order chi connectivity index (χ1) is 13.4. The van der Waals surface area contributed by atoms with Crippen LogP contribution in [0, 0.1) is 22.0 Å². The molecular weight excluding hydrogens is 360 g/mol. The average molecular weight is 380 g/mol. The summed E-state index contributed by atoms with van der Waals surface area (Å²) in [4.78, 5) is 22.2. The number of benzene rings is 2. The largest absolute Gasteiger partial charge is 0.483 e. The van der Waals surface area contributed by atoms with E-state index < -0.39 is 10.8 Å². The average Bonchev–Trinajstić information content (AvgIpc) is 2.99. The molecule has 1 heterocycles. The number of hydrogen-bond acceptors (Lipinski definition) is 5. The van der Waals surface area contributed by atoms with Gasteiger partial charge < -0.3 is 14.8 Å². The van der Waals surface area contributed by atoms with Crippen molar-refractivity contribution in [2.75, 3.05) is 13.2 Å². The number of nitro benzene ring substituents is 1. The number of amides is 1. The number of hydrogen-bond donors (Lipinski definition) is 1. The summed E-state index contributed by atoms with van der Waals surface area (Å²) in [5.74, 6) is 6.62. The summed E-state index contributed by atoms with van der Waals surface area (Å²) in [6.45, 7) is 4.33. The van der Waals surface area contributed by atoms with Crippen molar-refractivity contribution in [2.45, 2.75) is 25.9 Å². The standard InChI is InChI=1S/C21H20N2O5/c1-21(2)14-16-8-6-10-18(19(16)28-21)27-12-4-3-11-22-20(24)15-7-5-9-17(13-15)23(25)26/h5-10,13H,11-12,14H2,1-2H3,(H,22,24). The van der Waals surface area contributed by atoms with Crippen molar-refractivity contribution in [3.05, 3.63) is 63.7 Å². The van der Waals surface area contributed by atoms with Gasteiger partial charge in [0.2, 0.25) is 0 Å². The molecule has 0 bridgehead atoms. The number of ether oxygens (including phenoxy) is 2. The van der Waals surface area contributed by atoms with Crippen molar-refractivity contribution in [1.29, 1.82) is 0 Å². The maximum absolute atomic E-state index is 12.0. The Balaban J connectivity index is 1.50. The molecule has 2 aromatic carbocycles. The Morgan fingerprint density at radius 2 is 2.07 bits per heavy atom. The fraction of sp³-hybridized carbons (Fsp3) is 0.286. The molecule has 0 saturated heterocycles. The maximum atomic E-state index is 12.0. The van der Waals surface area contributed by atoms with Gasteiger partial charge in [0.1, 0.15) is 12.2 Å². The summed E-state index contributed by atoms with van der Waals surface area (Å²) in [6, 6.07) is 11.3. The lowest BCUT2D eigenvalue weighted by molar-refractivity contribution is -0.384. The zero-order valence-corrected chi connectivity index (χ0v) is 15.7. The van der Waals surface area contributed by atoms with E-state index in [0.717, 1.165) is 17.7 Å². The molecule has 144 valence electrons. The molecule has 1 aliphatic rings. The molecule has 0 fully saturated rings. The Kier molecular flexibility index (Phi) is 5.50. The normalized spacial score (nSPS) is 13.5. The lowest BCUT2D eigenvalue weighted by Crippen LogP contribution is -2.24. The van der Waals surface area contributed by atoms with E-state index in [-0.39, 0.29) is 30.0 Å². The molecule has 7 nitrogen and oxygen atoms in total. The van der Waals surface area contributed by atoms with E-state index in [1.165, 1.54) is 24.3 Å². The van der Waals surface area contributed by atoms with Gasteiger partial charge in [-0.15, -0.1) is 0 Å². The lowest BCUT2D eigenvalue weighted by Gasteiger charge is -2.17.